The fraction of sp³-hybridized carbons (Fsp3) is 0.471. The predicted octanol–water partition coefficient (Wildman–Crippen LogP) is 3.08. The molecule has 1 aromatic carbocycles. The van der Waals surface area contributed by atoms with E-state index in [1.807, 2.05) is 11.4 Å². The first-order valence-corrected chi connectivity index (χ1v) is 8.72. The van der Waals surface area contributed by atoms with Gasteiger partial charge in [0, 0.05) is 19.0 Å². The lowest BCUT2D eigenvalue weighted by Crippen LogP contribution is -2.41. The van der Waals surface area contributed by atoms with Crippen LogP contribution in [0.15, 0.2) is 35.7 Å². The minimum atomic E-state index is -0.393. The molecule has 1 aliphatic heterocycles. The van der Waals surface area contributed by atoms with Crippen molar-refractivity contribution >= 4 is 29.2 Å². The van der Waals surface area contributed by atoms with E-state index in [4.69, 9.17) is 14.3 Å². The molecule has 1 fully saturated rings. The molecule has 1 aromatic heterocycles. The quantitative estimate of drug-likeness (QED) is 0.807. The van der Waals surface area contributed by atoms with Gasteiger partial charge in [0.1, 0.15) is 0 Å². The van der Waals surface area contributed by atoms with E-state index in [1.54, 1.807) is 11.3 Å². The molecule has 2 heterocycles. The lowest BCUT2D eigenvalue weighted by molar-refractivity contribution is 0.00578. The maximum atomic E-state index is 6.06. The van der Waals surface area contributed by atoms with Gasteiger partial charge in [-0.15, -0.1) is 11.3 Å². The van der Waals surface area contributed by atoms with Gasteiger partial charge in [0.15, 0.2) is 5.13 Å². The average molecular weight is 330 g/mol. The van der Waals surface area contributed by atoms with Crippen LogP contribution >= 0.6 is 11.3 Å². The lowest BCUT2D eigenvalue weighted by Gasteiger charge is -2.32. The fourth-order valence-electron chi connectivity index (χ4n) is 2.45. The Morgan fingerprint density at radius 1 is 1.09 bits per heavy atom. The number of anilines is 1. The van der Waals surface area contributed by atoms with E-state index in [1.165, 1.54) is 5.56 Å². The summed E-state index contributed by atoms with van der Waals surface area (Å²) in [6.45, 7) is 9.06. The second kappa shape index (κ2) is 5.93. The molecule has 0 aliphatic carbocycles. The summed E-state index contributed by atoms with van der Waals surface area (Å²) >= 11 is 1.62. The normalized spacial score (nSPS) is 19.1. The third-order valence-electron chi connectivity index (χ3n) is 4.59. The van der Waals surface area contributed by atoms with Crippen molar-refractivity contribution in [1.29, 1.82) is 0 Å². The zero-order valence-corrected chi connectivity index (χ0v) is 15.2. The summed E-state index contributed by atoms with van der Waals surface area (Å²) in [5.74, 6) is 0. The summed E-state index contributed by atoms with van der Waals surface area (Å²) in [5, 5.41) is 3.00. The van der Waals surface area contributed by atoms with E-state index in [9.17, 15) is 0 Å². The highest BCUT2D eigenvalue weighted by Gasteiger charge is 2.52. The molecule has 1 saturated heterocycles. The van der Waals surface area contributed by atoms with E-state index in [0.717, 1.165) is 17.3 Å². The van der Waals surface area contributed by atoms with Crippen molar-refractivity contribution < 1.29 is 9.31 Å². The highest BCUT2D eigenvalue weighted by atomic mass is 32.1. The Morgan fingerprint density at radius 3 is 2.30 bits per heavy atom. The van der Waals surface area contributed by atoms with Crippen molar-refractivity contribution in [3.8, 4) is 0 Å². The fourth-order valence-corrected chi connectivity index (χ4v) is 3.24. The molecular formula is C17H23BN2O2S. The van der Waals surface area contributed by atoms with E-state index in [-0.39, 0.29) is 11.2 Å². The molecule has 0 bridgehead atoms. The third-order valence-corrected chi connectivity index (χ3v) is 5.57. The SMILES string of the molecule is CN(Cc1ccccc1)c1nc(B2OC(C)(C)C(C)(C)O2)cs1. The molecular weight excluding hydrogens is 307 g/mol. The number of rotatable bonds is 4. The van der Waals surface area contributed by atoms with Crippen LogP contribution in [0.3, 0.4) is 0 Å². The molecule has 2 aromatic rings. The number of aromatic nitrogens is 1. The average Bonchev–Trinajstić information content (AvgIpc) is 3.03. The van der Waals surface area contributed by atoms with Gasteiger partial charge in [-0.3, -0.25) is 0 Å². The Morgan fingerprint density at radius 2 is 1.70 bits per heavy atom. The minimum absolute atomic E-state index is 0.336. The standard InChI is InChI=1S/C17H23BN2O2S/c1-16(2)17(3,4)22-18(21-16)14-12-23-15(19-14)20(5)11-13-9-7-6-8-10-13/h6-10,12H,11H2,1-5H3. The predicted molar refractivity (Wildman–Crippen MR) is 96.4 cm³/mol. The third kappa shape index (κ3) is 3.29. The van der Waals surface area contributed by atoms with Gasteiger partial charge in [-0.1, -0.05) is 30.3 Å². The molecule has 0 saturated carbocycles. The molecule has 4 nitrogen and oxygen atoms in total. The number of hydrogen-bond donors (Lipinski definition) is 0. The van der Waals surface area contributed by atoms with Gasteiger partial charge in [0.2, 0.25) is 0 Å². The van der Waals surface area contributed by atoms with Crippen molar-refractivity contribution in [3.05, 3.63) is 41.3 Å². The smallest absolute Gasteiger partial charge is 0.398 e. The van der Waals surface area contributed by atoms with Gasteiger partial charge in [-0.2, -0.15) is 0 Å². The molecule has 0 amide bonds. The Kier molecular flexibility index (Phi) is 4.25. The first-order valence-electron chi connectivity index (χ1n) is 7.85. The molecule has 122 valence electrons. The summed E-state index contributed by atoms with van der Waals surface area (Å²) in [7, 11) is 1.66. The van der Waals surface area contributed by atoms with Crippen molar-refractivity contribution in [2.24, 2.45) is 0 Å². The van der Waals surface area contributed by atoms with Crippen LogP contribution in [0.1, 0.15) is 33.3 Å². The van der Waals surface area contributed by atoms with Gasteiger partial charge in [0.05, 0.1) is 16.8 Å². The van der Waals surface area contributed by atoms with Crippen molar-refractivity contribution in [2.45, 2.75) is 45.4 Å². The van der Waals surface area contributed by atoms with Crippen LogP contribution in [0.25, 0.3) is 0 Å². The van der Waals surface area contributed by atoms with E-state index >= 15 is 0 Å². The highest BCUT2D eigenvalue weighted by Crippen LogP contribution is 2.36. The van der Waals surface area contributed by atoms with Gasteiger partial charge in [-0.25, -0.2) is 4.98 Å². The number of nitrogens with zero attached hydrogens (tertiary/aromatic N) is 2. The summed E-state index contributed by atoms with van der Waals surface area (Å²) in [6.07, 6.45) is 0. The molecule has 0 radical (unpaired) electrons. The van der Waals surface area contributed by atoms with Crippen LogP contribution in [0.2, 0.25) is 0 Å². The van der Waals surface area contributed by atoms with E-state index < -0.39 is 7.12 Å². The second-order valence-electron chi connectivity index (χ2n) is 6.98. The van der Waals surface area contributed by atoms with Gasteiger partial charge < -0.3 is 14.2 Å². The molecule has 0 unspecified atom stereocenters. The first kappa shape index (κ1) is 16.5. The van der Waals surface area contributed by atoms with Gasteiger partial charge in [0.25, 0.3) is 0 Å². The summed E-state index contributed by atoms with van der Waals surface area (Å²) in [6, 6.07) is 10.4. The van der Waals surface area contributed by atoms with Crippen LogP contribution in [-0.4, -0.2) is 30.4 Å². The Bertz CT molecular complexity index is 656. The molecule has 6 heteroatoms. The summed E-state index contributed by atoms with van der Waals surface area (Å²) < 4.78 is 12.1. The maximum Gasteiger partial charge on any atom is 0.515 e. The number of thiazole rings is 1. The zero-order chi connectivity index (χ0) is 16.7. The Labute approximate surface area is 142 Å². The lowest BCUT2D eigenvalue weighted by atomic mass is 9.86. The van der Waals surface area contributed by atoms with E-state index in [2.05, 4.69) is 63.9 Å². The van der Waals surface area contributed by atoms with Crippen LogP contribution in [0, 0.1) is 0 Å². The maximum absolute atomic E-state index is 6.06. The number of benzene rings is 1. The second-order valence-corrected chi connectivity index (χ2v) is 7.82. The van der Waals surface area contributed by atoms with E-state index in [0.29, 0.717) is 0 Å². The molecule has 1 aliphatic rings. The zero-order valence-electron chi connectivity index (χ0n) is 14.4. The molecule has 3 rings (SSSR count). The summed E-state index contributed by atoms with van der Waals surface area (Å²) in [4.78, 5) is 6.86. The van der Waals surface area contributed by atoms with Gasteiger partial charge >= 0.3 is 7.12 Å². The molecule has 0 atom stereocenters. The van der Waals surface area contributed by atoms with Crippen molar-refractivity contribution in [3.63, 3.8) is 0 Å². The monoisotopic (exact) mass is 330 g/mol. The largest absolute Gasteiger partial charge is 0.515 e. The van der Waals surface area contributed by atoms with Gasteiger partial charge in [-0.05, 0) is 33.3 Å². The topological polar surface area (TPSA) is 34.6 Å². The Hall–Kier alpha value is -1.37. The van der Waals surface area contributed by atoms with Crippen LogP contribution in [0.4, 0.5) is 5.13 Å². The minimum Gasteiger partial charge on any atom is -0.398 e. The van der Waals surface area contributed by atoms with Crippen LogP contribution < -0.4 is 10.5 Å². The molecule has 0 N–H and O–H groups in total. The van der Waals surface area contributed by atoms with Crippen LogP contribution in [0.5, 0.6) is 0 Å². The Balaban J connectivity index is 1.71. The molecule has 0 spiro atoms. The first-order chi connectivity index (χ1) is 10.8. The summed E-state index contributed by atoms with van der Waals surface area (Å²) in [5.41, 5.74) is 1.44. The highest BCUT2D eigenvalue weighted by molar-refractivity contribution is 7.14. The van der Waals surface area contributed by atoms with Crippen LogP contribution in [-0.2, 0) is 15.9 Å². The van der Waals surface area contributed by atoms with Crippen molar-refractivity contribution in [2.75, 3.05) is 11.9 Å². The number of hydrogen-bond acceptors (Lipinski definition) is 5. The van der Waals surface area contributed by atoms with Crippen molar-refractivity contribution in [1.82, 2.24) is 4.98 Å². The molecule has 23 heavy (non-hydrogen) atoms.